The highest BCUT2D eigenvalue weighted by Gasteiger charge is 2.35. The van der Waals surface area contributed by atoms with Gasteiger partial charge in [-0.3, -0.25) is 10.1 Å². The van der Waals surface area contributed by atoms with Crippen molar-refractivity contribution < 1.29 is 24.4 Å². The lowest BCUT2D eigenvalue weighted by Gasteiger charge is -2.28. The van der Waals surface area contributed by atoms with Crippen LogP contribution in [-0.2, 0) is 15.3 Å². The van der Waals surface area contributed by atoms with E-state index >= 15 is 0 Å². The van der Waals surface area contributed by atoms with Crippen molar-refractivity contribution in [1.29, 1.82) is 0 Å². The summed E-state index contributed by atoms with van der Waals surface area (Å²) in [6.07, 6.45) is 0. The first-order valence-corrected chi connectivity index (χ1v) is 11.6. The maximum atomic E-state index is 12.8. The maximum absolute atomic E-state index is 12.8. The topological polar surface area (TPSA) is 149 Å². The molecule has 11 nitrogen and oxygen atoms in total. The van der Waals surface area contributed by atoms with Crippen LogP contribution in [0, 0.1) is 10.1 Å². The fourth-order valence-corrected chi connectivity index (χ4v) is 4.43. The number of non-ortho nitro benzene ring substituents is 1. The lowest BCUT2D eigenvalue weighted by Crippen LogP contribution is -2.29. The number of fused-ring (bicyclic) bond motifs is 1. The number of ether oxygens (including phenoxy) is 1. The van der Waals surface area contributed by atoms with Crippen LogP contribution < -0.4 is 5.32 Å². The van der Waals surface area contributed by atoms with Crippen LogP contribution in [0.25, 0.3) is 0 Å². The second-order valence-corrected chi connectivity index (χ2v) is 8.53. The number of allylic oxidation sites excluding steroid dienone is 1. The fraction of sp³-hybridized carbons (Fsp3) is 0.217. The molecule has 2 N–H and O–H groups in total. The molecule has 1 aliphatic rings. The average Bonchev–Trinajstić information content (AvgIpc) is 3.24. The van der Waals surface area contributed by atoms with Gasteiger partial charge in [-0.05, 0) is 49.2 Å². The molecule has 3 aromatic rings. The van der Waals surface area contributed by atoms with Gasteiger partial charge in [0.1, 0.15) is 6.04 Å². The number of carbonyl (C=O) groups excluding carboxylic acids is 1. The molecule has 2 heterocycles. The van der Waals surface area contributed by atoms with E-state index in [1.54, 1.807) is 42.8 Å². The number of nitro benzene ring substituents is 1. The predicted octanol–water partition coefficient (Wildman–Crippen LogP) is 4.03. The van der Waals surface area contributed by atoms with Gasteiger partial charge in [0.25, 0.3) is 5.69 Å². The Morgan fingerprint density at radius 3 is 2.49 bits per heavy atom. The summed E-state index contributed by atoms with van der Waals surface area (Å²) < 4.78 is 6.83. The molecule has 1 atom stereocenters. The number of nitrogens with zero attached hydrogens (tertiary/aromatic N) is 4. The van der Waals surface area contributed by atoms with Crippen molar-refractivity contribution in [3.63, 3.8) is 0 Å². The largest absolute Gasteiger partial charge is 0.478 e. The highest BCUT2D eigenvalue weighted by atomic mass is 32.2. The molecule has 2 aromatic carbocycles. The number of hydrogen-bond acceptors (Lipinski definition) is 9. The molecule has 0 bridgehead atoms. The van der Waals surface area contributed by atoms with Crippen LogP contribution in [0.15, 0.2) is 65.0 Å². The minimum absolute atomic E-state index is 0.0648. The van der Waals surface area contributed by atoms with Crippen LogP contribution in [0.2, 0.25) is 0 Å². The number of carbonyl (C=O) groups is 2. The van der Waals surface area contributed by atoms with Gasteiger partial charge in [-0.25, -0.2) is 14.3 Å². The second-order valence-electron chi connectivity index (χ2n) is 7.59. The number of nitro groups is 1. The average molecular weight is 496 g/mol. The first-order valence-electron chi connectivity index (χ1n) is 10.6. The quantitative estimate of drug-likeness (QED) is 0.203. The third-order valence-electron chi connectivity index (χ3n) is 5.32. The van der Waals surface area contributed by atoms with Gasteiger partial charge < -0.3 is 15.2 Å². The fourth-order valence-electron chi connectivity index (χ4n) is 3.64. The van der Waals surface area contributed by atoms with E-state index < -0.39 is 22.9 Å². The Hall–Kier alpha value is -4.19. The highest BCUT2D eigenvalue weighted by molar-refractivity contribution is 7.98. The van der Waals surface area contributed by atoms with E-state index in [-0.39, 0.29) is 17.9 Å². The molecule has 180 valence electrons. The second kappa shape index (κ2) is 9.97. The molecule has 0 saturated carbocycles. The van der Waals surface area contributed by atoms with Crippen LogP contribution >= 0.6 is 11.8 Å². The minimum atomic E-state index is -0.990. The lowest BCUT2D eigenvalue weighted by molar-refractivity contribution is -0.384. The Morgan fingerprint density at radius 2 is 1.89 bits per heavy atom. The van der Waals surface area contributed by atoms with Crippen molar-refractivity contribution in [3.8, 4) is 0 Å². The lowest BCUT2D eigenvalue weighted by atomic mass is 9.95. The summed E-state index contributed by atoms with van der Waals surface area (Å²) >= 11 is 1.35. The first-order chi connectivity index (χ1) is 16.8. The molecule has 0 spiro atoms. The summed E-state index contributed by atoms with van der Waals surface area (Å²) in [4.78, 5) is 39.0. The molecule has 0 amide bonds. The summed E-state index contributed by atoms with van der Waals surface area (Å²) in [7, 11) is 0. The molecule has 0 aliphatic carbocycles. The van der Waals surface area contributed by atoms with Gasteiger partial charge in [0.05, 0.1) is 22.7 Å². The van der Waals surface area contributed by atoms with Crippen LogP contribution in [0.5, 0.6) is 0 Å². The summed E-state index contributed by atoms with van der Waals surface area (Å²) in [5.41, 5.74) is 2.54. The Balaban J connectivity index is 1.65. The molecule has 1 aliphatic heterocycles. The molecular weight excluding hydrogens is 474 g/mol. The Kier molecular flexibility index (Phi) is 6.82. The van der Waals surface area contributed by atoms with E-state index in [0.29, 0.717) is 33.7 Å². The zero-order chi connectivity index (χ0) is 25.1. The van der Waals surface area contributed by atoms with E-state index in [2.05, 4.69) is 15.4 Å². The number of thioether (sulfide) groups is 1. The molecule has 35 heavy (non-hydrogen) atoms. The van der Waals surface area contributed by atoms with Crippen LogP contribution in [0.1, 0.15) is 41.4 Å². The van der Waals surface area contributed by atoms with Crippen molar-refractivity contribution in [2.45, 2.75) is 30.8 Å². The van der Waals surface area contributed by atoms with Crippen molar-refractivity contribution in [2.24, 2.45) is 0 Å². The van der Waals surface area contributed by atoms with Gasteiger partial charge in [0.2, 0.25) is 11.1 Å². The molecule has 1 unspecified atom stereocenters. The van der Waals surface area contributed by atoms with Crippen molar-refractivity contribution in [3.05, 3.63) is 86.6 Å². The predicted molar refractivity (Wildman–Crippen MR) is 127 cm³/mol. The minimum Gasteiger partial charge on any atom is -0.478 e. The first kappa shape index (κ1) is 24.0. The standard InChI is InChI=1S/C23H21N5O6S/c1-3-34-21(31)18-13(2)24-22-25-23(35-12-14-4-6-16(7-5-14)20(29)30)26-27(22)19(18)15-8-10-17(11-9-15)28(32)33/h4-11,19H,3,12H2,1-2H3,(H,29,30)(H,24,25,26). The Morgan fingerprint density at radius 1 is 1.20 bits per heavy atom. The number of carboxylic acids is 1. The zero-order valence-electron chi connectivity index (χ0n) is 18.8. The number of carboxylic acid groups (broad SMARTS) is 1. The zero-order valence-corrected chi connectivity index (χ0v) is 19.6. The molecular formula is C23H21N5O6S. The molecule has 0 radical (unpaired) electrons. The third kappa shape index (κ3) is 5.01. The number of aromatic carboxylic acids is 1. The Bertz CT molecular complexity index is 1320. The van der Waals surface area contributed by atoms with Gasteiger partial charge in [0, 0.05) is 23.6 Å². The van der Waals surface area contributed by atoms with E-state index in [1.807, 2.05) is 0 Å². The molecule has 0 fully saturated rings. The van der Waals surface area contributed by atoms with E-state index in [4.69, 9.17) is 9.84 Å². The maximum Gasteiger partial charge on any atom is 0.338 e. The summed E-state index contributed by atoms with van der Waals surface area (Å²) in [6, 6.07) is 11.8. The third-order valence-corrected chi connectivity index (χ3v) is 6.23. The van der Waals surface area contributed by atoms with Gasteiger partial charge in [0.15, 0.2) is 0 Å². The SMILES string of the molecule is CCOC(=O)C1=C(C)Nc2nc(SCc3ccc(C(=O)O)cc3)nn2C1c1ccc([N+](=O)[O-])cc1. The summed E-state index contributed by atoms with van der Waals surface area (Å²) in [5, 5.41) is 28.3. The number of rotatable bonds is 8. The number of hydrogen-bond donors (Lipinski definition) is 2. The summed E-state index contributed by atoms with van der Waals surface area (Å²) in [6.45, 7) is 3.64. The van der Waals surface area contributed by atoms with E-state index in [0.717, 1.165) is 5.56 Å². The van der Waals surface area contributed by atoms with Gasteiger partial charge in [-0.1, -0.05) is 23.9 Å². The van der Waals surface area contributed by atoms with Crippen molar-refractivity contribution in [2.75, 3.05) is 11.9 Å². The number of aromatic nitrogens is 3. The van der Waals surface area contributed by atoms with Crippen LogP contribution in [0.3, 0.4) is 0 Å². The molecule has 1 aromatic heterocycles. The highest BCUT2D eigenvalue weighted by Crippen LogP contribution is 2.37. The van der Waals surface area contributed by atoms with Crippen molar-refractivity contribution >= 4 is 35.3 Å². The van der Waals surface area contributed by atoms with E-state index in [9.17, 15) is 19.7 Å². The molecule has 12 heteroatoms. The smallest absolute Gasteiger partial charge is 0.338 e. The number of anilines is 1. The normalized spacial score (nSPS) is 14.7. The van der Waals surface area contributed by atoms with E-state index in [1.165, 1.54) is 36.0 Å². The van der Waals surface area contributed by atoms with Gasteiger partial charge in [-0.15, -0.1) is 5.10 Å². The van der Waals surface area contributed by atoms with Crippen LogP contribution in [0.4, 0.5) is 11.6 Å². The van der Waals surface area contributed by atoms with Crippen molar-refractivity contribution in [1.82, 2.24) is 14.8 Å². The molecule has 4 rings (SSSR count). The van der Waals surface area contributed by atoms with Crippen LogP contribution in [-0.4, -0.2) is 43.3 Å². The number of benzene rings is 2. The number of esters is 1. The monoisotopic (exact) mass is 495 g/mol. The summed E-state index contributed by atoms with van der Waals surface area (Å²) in [5.74, 6) is -0.587. The molecule has 0 saturated heterocycles. The van der Waals surface area contributed by atoms with Gasteiger partial charge in [-0.2, -0.15) is 4.98 Å². The number of nitrogens with one attached hydrogen (secondary N) is 1. The Labute approximate surface area is 204 Å². The van der Waals surface area contributed by atoms with Gasteiger partial charge >= 0.3 is 11.9 Å².